The fourth-order valence-electron chi connectivity index (χ4n) is 2.22. The smallest absolute Gasteiger partial charge is 0.160 e. The van der Waals surface area contributed by atoms with Crippen molar-refractivity contribution < 1.29 is 0 Å². The van der Waals surface area contributed by atoms with Gasteiger partial charge in [-0.2, -0.15) is 0 Å². The van der Waals surface area contributed by atoms with Gasteiger partial charge in [0.25, 0.3) is 0 Å². The molecule has 0 amide bonds. The molecule has 1 N–H and O–H groups in total. The van der Waals surface area contributed by atoms with Gasteiger partial charge in [0.1, 0.15) is 0 Å². The lowest BCUT2D eigenvalue weighted by molar-refractivity contribution is 0.656. The molecule has 20 heavy (non-hydrogen) atoms. The van der Waals surface area contributed by atoms with Gasteiger partial charge in [-0.05, 0) is 29.7 Å². The molecule has 0 fully saturated rings. The zero-order chi connectivity index (χ0) is 13.8. The average Bonchev–Trinajstić information content (AvgIpc) is 2.92. The third kappa shape index (κ3) is 2.70. The molecule has 0 radical (unpaired) electrons. The molecule has 2 aromatic heterocycles. The van der Waals surface area contributed by atoms with Crippen LogP contribution < -0.4 is 5.32 Å². The van der Waals surface area contributed by atoms with Crippen molar-refractivity contribution in [2.45, 2.75) is 26.4 Å². The Kier molecular flexibility index (Phi) is 3.74. The fourth-order valence-corrected chi connectivity index (χ4v) is 2.22. The summed E-state index contributed by atoms with van der Waals surface area (Å²) in [5, 5.41) is 11.8. The molecule has 0 unspecified atom stereocenters. The first kappa shape index (κ1) is 12.8. The van der Waals surface area contributed by atoms with Gasteiger partial charge >= 0.3 is 0 Å². The van der Waals surface area contributed by atoms with Crippen molar-refractivity contribution in [3.63, 3.8) is 0 Å². The predicted molar refractivity (Wildman–Crippen MR) is 79.4 cm³/mol. The second-order valence-corrected chi connectivity index (χ2v) is 4.82. The van der Waals surface area contributed by atoms with E-state index in [1.165, 1.54) is 11.1 Å². The number of benzene rings is 1. The molecule has 0 spiro atoms. The SMILES string of the molecule is CCc1ccc(CNCc2nnc3ccccn23)cc1. The van der Waals surface area contributed by atoms with Gasteiger partial charge in [0.05, 0.1) is 6.54 Å². The molecule has 4 heteroatoms. The van der Waals surface area contributed by atoms with Crippen LogP contribution in [0.3, 0.4) is 0 Å². The Balaban J connectivity index is 1.62. The third-order valence-electron chi connectivity index (χ3n) is 3.43. The summed E-state index contributed by atoms with van der Waals surface area (Å²) in [5.74, 6) is 0.936. The Bertz CT molecular complexity index is 685. The van der Waals surface area contributed by atoms with E-state index < -0.39 is 0 Å². The summed E-state index contributed by atoms with van der Waals surface area (Å²) in [5.41, 5.74) is 3.55. The largest absolute Gasteiger partial charge is 0.306 e. The van der Waals surface area contributed by atoms with Crippen molar-refractivity contribution >= 4 is 5.65 Å². The van der Waals surface area contributed by atoms with Crippen molar-refractivity contribution in [1.29, 1.82) is 0 Å². The normalized spacial score (nSPS) is 11.1. The Morgan fingerprint density at radius 2 is 1.75 bits per heavy atom. The van der Waals surface area contributed by atoms with Gasteiger partial charge < -0.3 is 5.32 Å². The van der Waals surface area contributed by atoms with E-state index in [9.17, 15) is 0 Å². The first-order valence-electron chi connectivity index (χ1n) is 6.94. The first-order chi connectivity index (χ1) is 9.86. The van der Waals surface area contributed by atoms with E-state index in [0.29, 0.717) is 6.54 Å². The van der Waals surface area contributed by atoms with Crippen LogP contribution in [0.15, 0.2) is 48.7 Å². The van der Waals surface area contributed by atoms with E-state index in [4.69, 9.17) is 0 Å². The number of fused-ring (bicyclic) bond motifs is 1. The fraction of sp³-hybridized carbons (Fsp3) is 0.250. The quantitative estimate of drug-likeness (QED) is 0.772. The summed E-state index contributed by atoms with van der Waals surface area (Å²) < 4.78 is 2.01. The molecule has 4 nitrogen and oxygen atoms in total. The van der Waals surface area contributed by atoms with Crippen LogP contribution in [0.25, 0.3) is 5.65 Å². The second kappa shape index (κ2) is 5.84. The summed E-state index contributed by atoms with van der Waals surface area (Å²) in [7, 11) is 0. The van der Waals surface area contributed by atoms with Gasteiger partial charge in [-0.1, -0.05) is 37.3 Å². The molecule has 102 valence electrons. The molecule has 0 aliphatic rings. The highest BCUT2D eigenvalue weighted by Crippen LogP contribution is 2.06. The van der Waals surface area contributed by atoms with Crippen molar-refractivity contribution in [1.82, 2.24) is 19.9 Å². The van der Waals surface area contributed by atoms with Crippen molar-refractivity contribution in [3.8, 4) is 0 Å². The highest BCUT2D eigenvalue weighted by atomic mass is 15.3. The minimum absolute atomic E-state index is 0.709. The number of nitrogens with zero attached hydrogens (tertiary/aromatic N) is 3. The average molecular weight is 266 g/mol. The zero-order valence-electron chi connectivity index (χ0n) is 11.6. The predicted octanol–water partition coefficient (Wildman–Crippen LogP) is 2.58. The molecule has 2 heterocycles. The summed E-state index contributed by atoms with van der Waals surface area (Å²) >= 11 is 0. The topological polar surface area (TPSA) is 42.2 Å². The lowest BCUT2D eigenvalue weighted by Gasteiger charge is -2.05. The van der Waals surface area contributed by atoms with Gasteiger partial charge in [-0.25, -0.2) is 0 Å². The highest BCUT2D eigenvalue weighted by Gasteiger charge is 2.03. The van der Waals surface area contributed by atoms with Crippen molar-refractivity contribution in [2.24, 2.45) is 0 Å². The number of rotatable bonds is 5. The maximum Gasteiger partial charge on any atom is 0.160 e. The maximum atomic E-state index is 4.20. The van der Waals surface area contributed by atoms with Crippen LogP contribution in [0.4, 0.5) is 0 Å². The van der Waals surface area contributed by atoms with Gasteiger partial charge in [0.15, 0.2) is 11.5 Å². The standard InChI is InChI=1S/C16H18N4/c1-2-13-6-8-14(9-7-13)11-17-12-16-19-18-15-5-3-4-10-20(15)16/h3-10,17H,2,11-12H2,1H3. The molecule has 0 saturated heterocycles. The number of aromatic nitrogens is 3. The van der Waals surface area contributed by atoms with Crippen LogP contribution in [0.2, 0.25) is 0 Å². The molecule has 0 saturated carbocycles. The van der Waals surface area contributed by atoms with Crippen LogP contribution in [0, 0.1) is 0 Å². The Labute approximate surface area is 118 Å². The van der Waals surface area contributed by atoms with Crippen LogP contribution in [-0.4, -0.2) is 14.6 Å². The van der Waals surface area contributed by atoms with Crippen LogP contribution in [0.1, 0.15) is 23.9 Å². The molecule has 0 aliphatic carbocycles. The molecular weight excluding hydrogens is 248 g/mol. The van der Waals surface area contributed by atoms with Crippen molar-refractivity contribution in [2.75, 3.05) is 0 Å². The molecular formula is C16H18N4. The van der Waals surface area contributed by atoms with Crippen LogP contribution in [-0.2, 0) is 19.5 Å². The summed E-state index contributed by atoms with van der Waals surface area (Å²) in [6.45, 7) is 3.72. The number of hydrogen-bond acceptors (Lipinski definition) is 3. The maximum absolute atomic E-state index is 4.20. The minimum Gasteiger partial charge on any atom is -0.306 e. The number of pyridine rings is 1. The van der Waals surface area contributed by atoms with Gasteiger partial charge in [-0.15, -0.1) is 10.2 Å². The first-order valence-corrected chi connectivity index (χ1v) is 6.94. The summed E-state index contributed by atoms with van der Waals surface area (Å²) in [6, 6.07) is 14.6. The van der Waals surface area contributed by atoms with Crippen molar-refractivity contribution in [3.05, 3.63) is 65.6 Å². The lowest BCUT2D eigenvalue weighted by atomic mass is 10.1. The number of aryl methyl sites for hydroxylation is 1. The van der Waals surface area contributed by atoms with Crippen LogP contribution in [0.5, 0.6) is 0 Å². The van der Waals surface area contributed by atoms with E-state index in [1.807, 2.05) is 28.8 Å². The molecule has 0 aliphatic heterocycles. The van der Waals surface area contributed by atoms with E-state index in [1.54, 1.807) is 0 Å². The molecule has 1 aromatic carbocycles. The molecule has 0 bridgehead atoms. The number of hydrogen-bond donors (Lipinski definition) is 1. The minimum atomic E-state index is 0.709. The Morgan fingerprint density at radius 1 is 0.950 bits per heavy atom. The van der Waals surface area contributed by atoms with E-state index in [-0.39, 0.29) is 0 Å². The van der Waals surface area contributed by atoms with Crippen LogP contribution >= 0.6 is 0 Å². The second-order valence-electron chi connectivity index (χ2n) is 4.82. The monoisotopic (exact) mass is 266 g/mol. The Morgan fingerprint density at radius 3 is 2.55 bits per heavy atom. The Hall–Kier alpha value is -2.20. The van der Waals surface area contributed by atoms with Gasteiger partial charge in [0.2, 0.25) is 0 Å². The third-order valence-corrected chi connectivity index (χ3v) is 3.43. The van der Waals surface area contributed by atoms with Gasteiger partial charge in [-0.3, -0.25) is 4.40 Å². The molecule has 0 atom stereocenters. The number of nitrogens with one attached hydrogen (secondary N) is 1. The molecule has 3 aromatic rings. The zero-order valence-corrected chi connectivity index (χ0v) is 11.6. The summed E-state index contributed by atoms with van der Waals surface area (Å²) in [4.78, 5) is 0. The molecule has 3 rings (SSSR count). The summed E-state index contributed by atoms with van der Waals surface area (Å²) in [6.07, 6.45) is 3.07. The van der Waals surface area contributed by atoms with Gasteiger partial charge in [0, 0.05) is 12.7 Å². The van der Waals surface area contributed by atoms with E-state index >= 15 is 0 Å². The highest BCUT2D eigenvalue weighted by molar-refractivity contribution is 5.36. The van der Waals surface area contributed by atoms with E-state index in [0.717, 1.165) is 24.4 Å². The van der Waals surface area contributed by atoms with E-state index in [2.05, 4.69) is 46.7 Å². The lowest BCUT2D eigenvalue weighted by Crippen LogP contribution is -2.14.